The first kappa shape index (κ1) is 12.9. The quantitative estimate of drug-likeness (QED) is 0.804. The number of fused-ring (bicyclic) bond motifs is 1. The Morgan fingerprint density at radius 3 is 2.50 bits per heavy atom. The van der Waals surface area contributed by atoms with Crippen molar-refractivity contribution < 1.29 is 13.6 Å². The second-order valence-corrected chi connectivity index (χ2v) is 4.89. The third-order valence-corrected chi connectivity index (χ3v) is 3.45. The van der Waals surface area contributed by atoms with Crippen molar-refractivity contribution in [2.75, 3.05) is 13.1 Å². The number of piperidine rings is 1. The highest BCUT2D eigenvalue weighted by molar-refractivity contribution is 5.93. The Morgan fingerprint density at radius 2 is 1.80 bits per heavy atom. The van der Waals surface area contributed by atoms with Gasteiger partial charge in [0, 0.05) is 25.9 Å². The molecule has 0 spiro atoms. The number of para-hydroxylation sites is 2. The molecule has 0 bridgehead atoms. The Labute approximate surface area is 114 Å². The van der Waals surface area contributed by atoms with Gasteiger partial charge in [0.2, 0.25) is 0 Å². The number of rotatable bonds is 1. The average Bonchev–Trinajstić information content (AvgIpc) is 2.46. The van der Waals surface area contributed by atoms with Gasteiger partial charge in [0.05, 0.1) is 17.2 Å². The Bertz CT molecular complexity index is 650. The summed E-state index contributed by atoms with van der Waals surface area (Å²) in [5, 5.41) is 0. The van der Waals surface area contributed by atoms with E-state index in [1.165, 1.54) is 11.1 Å². The van der Waals surface area contributed by atoms with Gasteiger partial charge in [0.15, 0.2) is 0 Å². The van der Waals surface area contributed by atoms with E-state index < -0.39 is 5.92 Å². The molecule has 1 fully saturated rings. The standard InChI is InChI=1S/C14H13F2N3O/c15-14(16)5-7-19(8-6-14)13(20)12-9-17-10-3-1-2-4-11(10)18-12/h1-4,9H,5-8H2. The molecule has 3 rings (SSSR count). The van der Waals surface area contributed by atoms with E-state index in [0.29, 0.717) is 11.0 Å². The third-order valence-electron chi connectivity index (χ3n) is 3.45. The topological polar surface area (TPSA) is 46.1 Å². The van der Waals surface area contributed by atoms with Crippen molar-refractivity contribution in [2.24, 2.45) is 0 Å². The van der Waals surface area contributed by atoms with Crippen LogP contribution in [0.2, 0.25) is 0 Å². The molecular weight excluding hydrogens is 264 g/mol. The summed E-state index contributed by atoms with van der Waals surface area (Å²) < 4.78 is 26.2. The monoisotopic (exact) mass is 277 g/mol. The zero-order valence-electron chi connectivity index (χ0n) is 10.7. The average molecular weight is 277 g/mol. The summed E-state index contributed by atoms with van der Waals surface area (Å²) in [6, 6.07) is 7.22. The molecule has 1 aromatic heterocycles. The van der Waals surface area contributed by atoms with Crippen LogP contribution in [0.1, 0.15) is 23.3 Å². The molecule has 1 amide bonds. The molecule has 0 atom stereocenters. The number of likely N-dealkylation sites (tertiary alicyclic amines) is 1. The summed E-state index contributed by atoms with van der Waals surface area (Å²) >= 11 is 0. The van der Waals surface area contributed by atoms with Crippen LogP contribution >= 0.6 is 0 Å². The lowest BCUT2D eigenvalue weighted by Crippen LogP contribution is -2.43. The number of benzene rings is 1. The zero-order valence-corrected chi connectivity index (χ0v) is 10.7. The highest BCUT2D eigenvalue weighted by atomic mass is 19.3. The molecule has 2 aromatic rings. The van der Waals surface area contributed by atoms with E-state index in [1.807, 2.05) is 12.1 Å². The molecule has 20 heavy (non-hydrogen) atoms. The van der Waals surface area contributed by atoms with Crippen molar-refractivity contribution in [3.63, 3.8) is 0 Å². The van der Waals surface area contributed by atoms with E-state index >= 15 is 0 Å². The van der Waals surface area contributed by atoms with Crippen LogP contribution in [0.25, 0.3) is 11.0 Å². The minimum Gasteiger partial charge on any atom is -0.337 e. The molecule has 0 unspecified atom stereocenters. The number of aromatic nitrogens is 2. The van der Waals surface area contributed by atoms with E-state index in [0.717, 1.165) is 0 Å². The summed E-state index contributed by atoms with van der Waals surface area (Å²) in [4.78, 5) is 22.1. The highest BCUT2D eigenvalue weighted by Gasteiger charge is 2.36. The molecule has 2 heterocycles. The van der Waals surface area contributed by atoms with E-state index in [1.54, 1.807) is 12.1 Å². The maximum Gasteiger partial charge on any atom is 0.274 e. The van der Waals surface area contributed by atoms with Crippen LogP contribution < -0.4 is 0 Å². The van der Waals surface area contributed by atoms with Crippen LogP contribution in [-0.4, -0.2) is 39.8 Å². The number of hydrogen-bond donors (Lipinski definition) is 0. The normalized spacial score (nSPS) is 18.2. The van der Waals surface area contributed by atoms with Crippen molar-refractivity contribution in [1.29, 1.82) is 0 Å². The molecule has 1 saturated heterocycles. The number of halogens is 2. The lowest BCUT2D eigenvalue weighted by atomic mass is 10.1. The molecule has 0 radical (unpaired) electrons. The van der Waals surface area contributed by atoms with Crippen molar-refractivity contribution in [3.8, 4) is 0 Å². The third kappa shape index (κ3) is 2.45. The van der Waals surface area contributed by atoms with E-state index in [-0.39, 0.29) is 37.5 Å². The molecule has 0 saturated carbocycles. The van der Waals surface area contributed by atoms with Gasteiger partial charge in [-0.1, -0.05) is 12.1 Å². The van der Waals surface area contributed by atoms with Gasteiger partial charge in [-0.2, -0.15) is 0 Å². The van der Waals surface area contributed by atoms with Gasteiger partial charge in [0.25, 0.3) is 11.8 Å². The Morgan fingerprint density at radius 1 is 1.15 bits per heavy atom. The lowest BCUT2D eigenvalue weighted by Gasteiger charge is -2.31. The molecule has 0 aliphatic carbocycles. The first-order valence-corrected chi connectivity index (χ1v) is 6.44. The van der Waals surface area contributed by atoms with Crippen molar-refractivity contribution >= 4 is 16.9 Å². The Balaban J connectivity index is 1.82. The first-order valence-electron chi connectivity index (χ1n) is 6.44. The number of carbonyl (C=O) groups excluding carboxylic acids is 1. The van der Waals surface area contributed by atoms with Gasteiger partial charge in [-0.05, 0) is 12.1 Å². The number of carbonyl (C=O) groups is 1. The minimum atomic E-state index is -2.66. The largest absolute Gasteiger partial charge is 0.337 e. The fourth-order valence-corrected chi connectivity index (χ4v) is 2.26. The van der Waals surface area contributed by atoms with Gasteiger partial charge < -0.3 is 4.90 Å². The maximum atomic E-state index is 13.1. The summed E-state index contributed by atoms with van der Waals surface area (Å²) in [6.07, 6.45) is 0.816. The van der Waals surface area contributed by atoms with Crippen LogP contribution in [0.15, 0.2) is 30.5 Å². The van der Waals surface area contributed by atoms with Crippen LogP contribution in [0, 0.1) is 0 Å². The lowest BCUT2D eigenvalue weighted by molar-refractivity contribution is -0.0495. The predicted octanol–water partition coefficient (Wildman–Crippen LogP) is 2.50. The molecular formula is C14H13F2N3O. The van der Waals surface area contributed by atoms with E-state index in [4.69, 9.17) is 0 Å². The van der Waals surface area contributed by atoms with Crippen LogP contribution in [0.5, 0.6) is 0 Å². The molecule has 1 aliphatic heterocycles. The molecule has 4 nitrogen and oxygen atoms in total. The summed E-state index contributed by atoms with van der Waals surface area (Å²) in [7, 11) is 0. The number of amides is 1. The number of alkyl halides is 2. The van der Waals surface area contributed by atoms with Gasteiger partial charge in [-0.15, -0.1) is 0 Å². The molecule has 1 aliphatic rings. The minimum absolute atomic E-state index is 0.0559. The Hall–Kier alpha value is -2.11. The first-order chi connectivity index (χ1) is 9.55. The molecule has 104 valence electrons. The highest BCUT2D eigenvalue weighted by Crippen LogP contribution is 2.28. The van der Waals surface area contributed by atoms with Crippen molar-refractivity contribution in [3.05, 3.63) is 36.2 Å². The van der Waals surface area contributed by atoms with Crippen LogP contribution in [-0.2, 0) is 0 Å². The smallest absolute Gasteiger partial charge is 0.274 e. The van der Waals surface area contributed by atoms with Gasteiger partial charge in [-0.3, -0.25) is 9.78 Å². The molecule has 1 aromatic carbocycles. The summed E-state index contributed by atoms with van der Waals surface area (Å²) in [6.45, 7) is 0.112. The fraction of sp³-hybridized carbons (Fsp3) is 0.357. The second kappa shape index (κ2) is 4.77. The van der Waals surface area contributed by atoms with Crippen molar-refractivity contribution in [2.45, 2.75) is 18.8 Å². The molecule has 6 heteroatoms. The van der Waals surface area contributed by atoms with Gasteiger partial charge in [0.1, 0.15) is 5.69 Å². The zero-order chi connectivity index (χ0) is 14.2. The fourth-order valence-electron chi connectivity index (χ4n) is 2.26. The second-order valence-electron chi connectivity index (χ2n) is 4.89. The van der Waals surface area contributed by atoms with E-state index in [2.05, 4.69) is 9.97 Å². The van der Waals surface area contributed by atoms with Crippen LogP contribution in [0.3, 0.4) is 0 Å². The number of nitrogens with zero attached hydrogens (tertiary/aromatic N) is 3. The van der Waals surface area contributed by atoms with Crippen molar-refractivity contribution in [1.82, 2.24) is 14.9 Å². The predicted molar refractivity (Wildman–Crippen MR) is 69.6 cm³/mol. The number of hydrogen-bond acceptors (Lipinski definition) is 3. The molecule has 0 N–H and O–H groups in total. The SMILES string of the molecule is O=C(c1cnc2ccccc2n1)N1CCC(F)(F)CC1. The Kier molecular flexibility index (Phi) is 3.08. The summed E-state index contributed by atoms with van der Waals surface area (Å²) in [5.74, 6) is -3.00. The van der Waals surface area contributed by atoms with Gasteiger partial charge in [-0.25, -0.2) is 13.8 Å². The van der Waals surface area contributed by atoms with Gasteiger partial charge >= 0.3 is 0 Å². The summed E-state index contributed by atoms with van der Waals surface area (Å²) in [5.41, 5.74) is 1.53. The van der Waals surface area contributed by atoms with E-state index in [9.17, 15) is 13.6 Å². The maximum absolute atomic E-state index is 13.1. The van der Waals surface area contributed by atoms with Crippen LogP contribution in [0.4, 0.5) is 8.78 Å².